The number of carbonyl (C=O) groups excluding carboxylic acids is 1. The average molecular weight is 268 g/mol. The highest BCUT2D eigenvalue weighted by Crippen LogP contribution is 2.01. The molecule has 1 aromatic carbocycles. The molecule has 0 aliphatic rings. The van der Waals surface area contributed by atoms with Gasteiger partial charge >= 0.3 is 5.97 Å². The summed E-state index contributed by atoms with van der Waals surface area (Å²) >= 11 is 0. The summed E-state index contributed by atoms with van der Waals surface area (Å²) in [4.78, 5) is 11.4. The van der Waals surface area contributed by atoms with Crippen molar-refractivity contribution in [3.8, 4) is 0 Å². The molecule has 0 unspecified atom stereocenters. The van der Waals surface area contributed by atoms with Crippen LogP contribution in [0.3, 0.4) is 0 Å². The van der Waals surface area contributed by atoms with E-state index in [-0.39, 0.29) is 5.97 Å². The molecule has 0 saturated carbocycles. The zero-order valence-electron chi connectivity index (χ0n) is 12.9. The van der Waals surface area contributed by atoms with Gasteiger partial charge in [0.1, 0.15) is 0 Å². The second kappa shape index (κ2) is 16.6. The van der Waals surface area contributed by atoms with Gasteiger partial charge in [-0.1, -0.05) is 45.9 Å². The second-order valence-electron chi connectivity index (χ2n) is 3.20. The highest BCUT2D eigenvalue weighted by Gasteiger charge is 2.04. The number of carbonyl (C=O) groups is 1. The number of methoxy groups -OCH3 is 1. The molecule has 0 aromatic heterocycles. The Bertz CT molecular complexity index is 283. The molecular formula is C16H28O3. The van der Waals surface area contributed by atoms with Gasteiger partial charge in [-0.3, -0.25) is 0 Å². The van der Waals surface area contributed by atoms with Crippen LogP contribution < -0.4 is 0 Å². The molecule has 0 aliphatic carbocycles. The van der Waals surface area contributed by atoms with Gasteiger partial charge in [0, 0.05) is 13.7 Å². The van der Waals surface area contributed by atoms with Crippen LogP contribution >= 0.6 is 0 Å². The molecule has 0 amide bonds. The minimum absolute atomic E-state index is 0.256. The SMILES string of the molecule is CC.CC.COCCCCOC(=O)c1ccccc1. The molecule has 0 bridgehead atoms. The van der Waals surface area contributed by atoms with Crippen molar-refractivity contribution in [3.05, 3.63) is 35.9 Å². The van der Waals surface area contributed by atoms with Crippen molar-refractivity contribution in [2.24, 2.45) is 0 Å². The predicted molar refractivity (Wildman–Crippen MR) is 80.5 cm³/mol. The second-order valence-corrected chi connectivity index (χ2v) is 3.20. The maximum atomic E-state index is 11.4. The van der Waals surface area contributed by atoms with Gasteiger partial charge in [-0.15, -0.1) is 0 Å². The van der Waals surface area contributed by atoms with E-state index in [1.165, 1.54) is 0 Å². The van der Waals surface area contributed by atoms with E-state index in [9.17, 15) is 4.79 Å². The van der Waals surface area contributed by atoms with Crippen molar-refractivity contribution in [3.63, 3.8) is 0 Å². The summed E-state index contributed by atoms with van der Waals surface area (Å²) in [6.45, 7) is 9.17. The fourth-order valence-electron chi connectivity index (χ4n) is 1.17. The number of ether oxygens (including phenoxy) is 2. The van der Waals surface area contributed by atoms with Gasteiger partial charge < -0.3 is 9.47 Å². The predicted octanol–water partition coefficient (Wildman–Crippen LogP) is 4.32. The average Bonchev–Trinajstić information content (AvgIpc) is 2.52. The largest absolute Gasteiger partial charge is 0.462 e. The lowest BCUT2D eigenvalue weighted by Gasteiger charge is -2.04. The van der Waals surface area contributed by atoms with Crippen LogP contribution in [-0.4, -0.2) is 26.3 Å². The zero-order chi connectivity index (χ0) is 14.9. The number of hydrogen-bond donors (Lipinski definition) is 0. The minimum atomic E-state index is -0.256. The smallest absolute Gasteiger partial charge is 0.338 e. The first-order valence-electron chi connectivity index (χ1n) is 7.05. The van der Waals surface area contributed by atoms with Gasteiger partial charge in [0.05, 0.1) is 12.2 Å². The molecule has 0 atom stereocenters. The van der Waals surface area contributed by atoms with Crippen LogP contribution in [0.2, 0.25) is 0 Å². The lowest BCUT2D eigenvalue weighted by molar-refractivity contribution is 0.0489. The fourth-order valence-corrected chi connectivity index (χ4v) is 1.17. The zero-order valence-corrected chi connectivity index (χ0v) is 12.9. The summed E-state index contributed by atoms with van der Waals surface area (Å²) in [5.74, 6) is -0.256. The molecule has 3 heteroatoms. The van der Waals surface area contributed by atoms with Gasteiger partial charge in [0.15, 0.2) is 0 Å². The Morgan fingerprint density at radius 3 is 2.00 bits per heavy atom. The van der Waals surface area contributed by atoms with Gasteiger partial charge in [0.2, 0.25) is 0 Å². The summed E-state index contributed by atoms with van der Waals surface area (Å²) in [5.41, 5.74) is 0.601. The van der Waals surface area contributed by atoms with Crippen LogP contribution in [0.1, 0.15) is 50.9 Å². The van der Waals surface area contributed by atoms with Crippen LogP contribution in [0, 0.1) is 0 Å². The number of rotatable bonds is 6. The number of benzene rings is 1. The van der Waals surface area contributed by atoms with Gasteiger partial charge in [-0.25, -0.2) is 4.79 Å². The molecule has 0 saturated heterocycles. The lowest BCUT2D eigenvalue weighted by Crippen LogP contribution is -2.06. The fraction of sp³-hybridized carbons (Fsp3) is 0.562. The summed E-state index contributed by atoms with van der Waals surface area (Å²) in [6, 6.07) is 9.01. The number of unbranched alkanes of at least 4 members (excludes halogenated alkanes) is 1. The van der Waals surface area contributed by atoms with Gasteiger partial charge in [0.25, 0.3) is 0 Å². The standard InChI is InChI=1S/C12H16O3.2C2H6/c1-14-9-5-6-10-15-12(13)11-7-3-2-4-8-11;2*1-2/h2-4,7-8H,5-6,9-10H2,1H3;2*1-2H3. The van der Waals surface area contributed by atoms with E-state index in [4.69, 9.17) is 9.47 Å². The number of esters is 1. The molecule has 0 heterocycles. The molecule has 110 valence electrons. The van der Waals surface area contributed by atoms with Crippen molar-refractivity contribution in [2.45, 2.75) is 40.5 Å². The highest BCUT2D eigenvalue weighted by molar-refractivity contribution is 5.89. The first kappa shape index (κ1) is 20.0. The topological polar surface area (TPSA) is 35.5 Å². The quantitative estimate of drug-likeness (QED) is 0.569. The molecule has 0 spiro atoms. The van der Waals surface area contributed by atoms with E-state index in [0.717, 1.165) is 12.8 Å². The van der Waals surface area contributed by atoms with Crippen molar-refractivity contribution >= 4 is 5.97 Å². The molecular weight excluding hydrogens is 240 g/mol. The van der Waals surface area contributed by atoms with Crippen LogP contribution in [0.25, 0.3) is 0 Å². The summed E-state index contributed by atoms with van der Waals surface area (Å²) in [6.07, 6.45) is 1.75. The van der Waals surface area contributed by atoms with Crippen LogP contribution in [0.4, 0.5) is 0 Å². The summed E-state index contributed by atoms with van der Waals surface area (Å²) < 4.78 is 9.97. The van der Waals surface area contributed by atoms with Gasteiger partial charge in [-0.2, -0.15) is 0 Å². The Balaban J connectivity index is 0. The molecule has 3 nitrogen and oxygen atoms in total. The minimum Gasteiger partial charge on any atom is -0.462 e. The Hall–Kier alpha value is -1.35. The van der Waals surface area contributed by atoms with E-state index < -0.39 is 0 Å². The van der Waals surface area contributed by atoms with Gasteiger partial charge in [-0.05, 0) is 25.0 Å². The van der Waals surface area contributed by atoms with Crippen LogP contribution in [-0.2, 0) is 9.47 Å². The van der Waals surface area contributed by atoms with Crippen molar-refractivity contribution in [2.75, 3.05) is 20.3 Å². The van der Waals surface area contributed by atoms with Crippen molar-refractivity contribution in [1.82, 2.24) is 0 Å². The molecule has 0 N–H and O–H groups in total. The maximum Gasteiger partial charge on any atom is 0.338 e. The Labute approximate surface area is 117 Å². The summed E-state index contributed by atoms with van der Waals surface area (Å²) in [7, 11) is 1.66. The third-order valence-corrected chi connectivity index (χ3v) is 1.99. The molecule has 0 fully saturated rings. The third-order valence-electron chi connectivity index (χ3n) is 1.99. The van der Waals surface area contributed by atoms with Crippen LogP contribution in [0.15, 0.2) is 30.3 Å². The maximum absolute atomic E-state index is 11.4. The van der Waals surface area contributed by atoms with Crippen molar-refractivity contribution in [1.29, 1.82) is 0 Å². The molecule has 0 aliphatic heterocycles. The van der Waals surface area contributed by atoms with E-state index >= 15 is 0 Å². The van der Waals surface area contributed by atoms with E-state index in [1.54, 1.807) is 19.2 Å². The highest BCUT2D eigenvalue weighted by atomic mass is 16.5. The molecule has 0 radical (unpaired) electrons. The summed E-state index contributed by atoms with van der Waals surface area (Å²) in [5, 5.41) is 0. The van der Waals surface area contributed by atoms with E-state index in [2.05, 4.69) is 0 Å². The van der Waals surface area contributed by atoms with Crippen LogP contribution in [0.5, 0.6) is 0 Å². The molecule has 19 heavy (non-hydrogen) atoms. The normalized spacial score (nSPS) is 8.47. The third kappa shape index (κ3) is 11.5. The Morgan fingerprint density at radius 2 is 1.47 bits per heavy atom. The van der Waals surface area contributed by atoms with E-state index in [1.807, 2.05) is 45.9 Å². The van der Waals surface area contributed by atoms with E-state index in [0.29, 0.717) is 18.8 Å². The first-order valence-corrected chi connectivity index (χ1v) is 7.05. The Morgan fingerprint density at radius 1 is 0.947 bits per heavy atom. The molecule has 1 rings (SSSR count). The first-order chi connectivity index (χ1) is 9.34. The monoisotopic (exact) mass is 268 g/mol. The van der Waals surface area contributed by atoms with Crippen molar-refractivity contribution < 1.29 is 14.3 Å². The number of hydrogen-bond acceptors (Lipinski definition) is 3. The lowest BCUT2D eigenvalue weighted by atomic mass is 10.2. The molecule has 1 aromatic rings. The Kier molecular flexibility index (Phi) is 17.5.